The molecule has 0 rings (SSSR count). The van der Waals surface area contributed by atoms with Gasteiger partial charge in [0, 0.05) is 6.08 Å². The molecule has 13 heavy (non-hydrogen) atoms. The maximum Gasteiger partial charge on any atom is 0.330 e. The third-order valence-corrected chi connectivity index (χ3v) is 1.24. The number of allylic oxidation sites excluding steroid dienone is 2. The van der Waals surface area contributed by atoms with Crippen molar-refractivity contribution in [1.82, 2.24) is 0 Å². The predicted octanol–water partition coefficient (Wildman–Crippen LogP) is 1.43. The van der Waals surface area contributed by atoms with Crippen LogP contribution in [-0.2, 0) is 9.53 Å². The molecule has 0 aromatic carbocycles. The van der Waals surface area contributed by atoms with Crippen LogP contribution in [0.1, 0.15) is 20.3 Å². The number of rotatable bonds is 5. The van der Waals surface area contributed by atoms with Gasteiger partial charge in [0.1, 0.15) is 0 Å². The summed E-state index contributed by atoms with van der Waals surface area (Å²) in [6.45, 7) is 3.86. The monoisotopic (exact) mass is 184 g/mol. The molecule has 0 radical (unpaired) electrons. The predicted molar refractivity (Wildman–Crippen MR) is 51.2 cm³/mol. The number of hydrogen-bond donors (Lipinski definition) is 1. The summed E-state index contributed by atoms with van der Waals surface area (Å²) in [5, 5.41) is 8.88. The number of esters is 1. The zero-order valence-electron chi connectivity index (χ0n) is 8.06. The number of aliphatic hydroxyl groups is 1. The van der Waals surface area contributed by atoms with E-state index < -0.39 is 0 Å². The van der Waals surface area contributed by atoms with E-state index in [0.29, 0.717) is 13.0 Å². The van der Waals surface area contributed by atoms with Crippen LogP contribution in [0.4, 0.5) is 0 Å². The van der Waals surface area contributed by atoms with Crippen LogP contribution in [0.25, 0.3) is 0 Å². The molecule has 1 atom stereocenters. The Morgan fingerprint density at radius 1 is 1.54 bits per heavy atom. The molecular weight excluding hydrogens is 168 g/mol. The second-order valence-electron chi connectivity index (χ2n) is 2.62. The Morgan fingerprint density at radius 3 is 2.77 bits per heavy atom. The van der Waals surface area contributed by atoms with E-state index in [1.54, 1.807) is 32.1 Å². The van der Waals surface area contributed by atoms with Crippen molar-refractivity contribution in [2.75, 3.05) is 6.61 Å². The van der Waals surface area contributed by atoms with E-state index in [9.17, 15) is 4.79 Å². The van der Waals surface area contributed by atoms with E-state index in [2.05, 4.69) is 4.74 Å². The molecule has 0 aromatic heterocycles. The smallest absolute Gasteiger partial charge is 0.330 e. The highest BCUT2D eigenvalue weighted by atomic mass is 16.5. The molecule has 0 amide bonds. The SMILES string of the molecule is CCOC(=O)/C=C/C=C/C[C@@H](C)O. The van der Waals surface area contributed by atoms with E-state index in [4.69, 9.17) is 5.11 Å². The van der Waals surface area contributed by atoms with E-state index >= 15 is 0 Å². The van der Waals surface area contributed by atoms with Crippen molar-refractivity contribution >= 4 is 5.97 Å². The van der Waals surface area contributed by atoms with Crippen molar-refractivity contribution in [3.63, 3.8) is 0 Å². The number of ether oxygens (including phenoxy) is 1. The van der Waals surface area contributed by atoms with Gasteiger partial charge in [-0.3, -0.25) is 0 Å². The van der Waals surface area contributed by atoms with Gasteiger partial charge in [-0.15, -0.1) is 0 Å². The van der Waals surface area contributed by atoms with E-state index in [0.717, 1.165) is 0 Å². The molecule has 0 aliphatic carbocycles. The summed E-state index contributed by atoms with van der Waals surface area (Å²) in [6.07, 6.45) is 6.70. The van der Waals surface area contributed by atoms with Crippen molar-refractivity contribution in [2.24, 2.45) is 0 Å². The van der Waals surface area contributed by atoms with Crippen LogP contribution >= 0.6 is 0 Å². The molecule has 3 heteroatoms. The lowest BCUT2D eigenvalue weighted by Gasteiger charge is -1.94. The van der Waals surface area contributed by atoms with Crippen molar-refractivity contribution in [3.05, 3.63) is 24.3 Å². The molecule has 0 spiro atoms. The summed E-state index contributed by atoms with van der Waals surface area (Å²) in [5.74, 6) is -0.343. The van der Waals surface area contributed by atoms with Crippen LogP contribution in [0.2, 0.25) is 0 Å². The van der Waals surface area contributed by atoms with Crippen LogP contribution in [0.3, 0.4) is 0 Å². The molecule has 3 nitrogen and oxygen atoms in total. The summed E-state index contributed by atoms with van der Waals surface area (Å²) in [7, 11) is 0. The fourth-order valence-electron chi connectivity index (χ4n) is 0.679. The topological polar surface area (TPSA) is 46.5 Å². The average Bonchev–Trinajstić information content (AvgIpc) is 2.03. The summed E-state index contributed by atoms with van der Waals surface area (Å²) in [6, 6.07) is 0. The second kappa shape index (κ2) is 7.55. The highest BCUT2D eigenvalue weighted by Gasteiger charge is 1.90. The number of carbonyl (C=O) groups is 1. The summed E-state index contributed by atoms with van der Waals surface area (Å²) >= 11 is 0. The number of carbonyl (C=O) groups excluding carboxylic acids is 1. The van der Waals surface area contributed by atoms with Crippen LogP contribution in [0.5, 0.6) is 0 Å². The fourth-order valence-corrected chi connectivity index (χ4v) is 0.679. The van der Waals surface area contributed by atoms with Crippen LogP contribution < -0.4 is 0 Å². The molecule has 0 fully saturated rings. The molecule has 0 saturated carbocycles. The van der Waals surface area contributed by atoms with Gasteiger partial charge in [0.2, 0.25) is 0 Å². The number of hydrogen-bond acceptors (Lipinski definition) is 3. The Morgan fingerprint density at radius 2 is 2.23 bits per heavy atom. The Kier molecular flexibility index (Phi) is 6.92. The van der Waals surface area contributed by atoms with Gasteiger partial charge in [-0.25, -0.2) is 4.79 Å². The maximum atomic E-state index is 10.7. The normalized spacial score (nSPS) is 13.8. The Balaban J connectivity index is 3.61. The Labute approximate surface area is 78.7 Å². The highest BCUT2D eigenvalue weighted by molar-refractivity contribution is 5.82. The van der Waals surface area contributed by atoms with Gasteiger partial charge >= 0.3 is 5.97 Å². The average molecular weight is 184 g/mol. The first-order valence-electron chi connectivity index (χ1n) is 4.34. The van der Waals surface area contributed by atoms with Crippen molar-refractivity contribution in [2.45, 2.75) is 26.4 Å². The summed E-state index contributed by atoms with van der Waals surface area (Å²) < 4.78 is 4.66. The quantitative estimate of drug-likeness (QED) is 0.399. The minimum atomic E-state index is -0.343. The highest BCUT2D eigenvalue weighted by Crippen LogP contribution is 1.91. The van der Waals surface area contributed by atoms with E-state index in [1.165, 1.54) is 6.08 Å². The van der Waals surface area contributed by atoms with Gasteiger partial charge in [-0.1, -0.05) is 18.2 Å². The first-order chi connectivity index (χ1) is 6.16. The lowest BCUT2D eigenvalue weighted by molar-refractivity contribution is -0.137. The standard InChI is InChI=1S/C10H16O3/c1-3-13-10(12)8-6-4-5-7-9(2)11/h4-6,8-9,11H,3,7H2,1-2H3/b5-4+,8-6+/t9-/m1/s1. The first kappa shape index (κ1) is 11.9. The molecule has 0 aromatic rings. The molecule has 1 N–H and O–H groups in total. The Bertz CT molecular complexity index is 192. The van der Waals surface area contributed by atoms with E-state index in [-0.39, 0.29) is 12.1 Å². The molecule has 0 saturated heterocycles. The molecular formula is C10H16O3. The van der Waals surface area contributed by atoms with Crippen molar-refractivity contribution in [1.29, 1.82) is 0 Å². The van der Waals surface area contributed by atoms with Gasteiger partial charge in [-0.2, -0.15) is 0 Å². The van der Waals surface area contributed by atoms with Crippen LogP contribution in [-0.4, -0.2) is 23.8 Å². The zero-order chi connectivity index (χ0) is 10.1. The minimum Gasteiger partial charge on any atom is -0.463 e. The lowest BCUT2D eigenvalue weighted by Crippen LogP contribution is -1.98. The third-order valence-electron chi connectivity index (χ3n) is 1.24. The van der Waals surface area contributed by atoms with Gasteiger partial charge in [0.25, 0.3) is 0 Å². The number of aliphatic hydroxyl groups excluding tert-OH is 1. The van der Waals surface area contributed by atoms with Gasteiger partial charge in [-0.05, 0) is 20.3 Å². The fraction of sp³-hybridized carbons (Fsp3) is 0.500. The third kappa shape index (κ3) is 8.82. The maximum absolute atomic E-state index is 10.7. The zero-order valence-corrected chi connectivity index (χ0v) is 8.06. The lowest BCUT2D eigenvalue weighted by atomic mass is 10.2. The Hall–Kier alpha value is -1.09. The van der Waals surface area contributed by atoms with Crippen molar-refractivity contribution in [3.8, 4) is 0 Å². The molecule has 0 aliphatic rings. The van der Waals surface area contributed by atoms with Crippen LogP contribution in [0.15, 0.2) is 24.3 Å². The van der Waals surface area contributed by atoms with Gasteiger partial charge < -0.3 is 9.84 Å². The molecule has 74 valence electrons. The van der Waals surface area contributed by atoms with Crippen molar-refractivity contribution < 1.29 is 14.6 Å². The molecule has 0 unspecified atom stereocenters. The molecule has 0 heterocycles. The minimum absolute atomic E-state index is 0.341. The second-order valence-corrected chi connectivity index (χ2v) is 2.62. The van der Waals surface area contributed by atoms with Crippen LogP contribution in [0, 0.1) is 0 Å². The molecule has 0 bridgehead atoms. The first-order valence-corrected chi connectivity index (χ1v) is 4.34. The van der Waals surface area contributed by atoms with Gasteiger partial charge in [0.05, 0.1) is 12.7 Å². The largest absolute Gasteiger partial charge is 0.463 e. The van der Waals surface area contributed by atoms with Gasteiger partial charge in [0.15, 0.2) is 0 Å². The summed E-state index contributed by atoms with van der Waals surface area (Å²) in [5.41, 5.74) is 0. The van der Waals surface area contributed by atoms with E-state index in [1.807, 2.05) is 0 Å². The summed E-state index contributed by atoms with van der Waals surface area (Å²) in [4.78, 5) is 10.7. The molecule has 0 aliphatic heterocycles.